The summed E-state index contributed by atoms with van der Waals surface area (Å²) in [6.07, 6.45) is 0.935. The molecule has 0 atom stereocenters. The van der Waals surface area contributed by atoms with E-state index in [1.165, 1.54) is 16.9 Å². The molecule has 0 saturated carbocycles. The van der Waals surface area contributed by atoms with Crippen molar-refractivity contribution in [3.05, 3.63) is 83.9 Å². The number of thiazole rings is 1. The van der Waals surface area contributed by atoms with Crippen molar-refractivity contribution in [1.82, 2.24) is 9.97 Å². The van der Waals surface area contributed by atoms with Crippen molar-refractivity contribution in [2.45, 2.75) is 6.42 Å². The van der Waals surface area contributed by atoms with Crippen molar-refractivity contribution in [3.8, 4) is 5.75 Å². The fraction of sp³-hybridized carbons (Fsp3) is 0.115. The van der Waals surface area contributed by atoms with Crippen LogP contribution in [0, 0.1) is 0 Å². The van der Waals surface area contributed by atoms with Crippen LogP contribution >= 0.6 is 11.3 Å². The largest absolute Gasteiger partial charge is 0.497 e. The summed E-state index contributed by atoms with van der Waals surface area (Å²) in [6.45, 7) is 0.854. The molecule has 1 aliphatic rings. The quantitative estimate of drug-likeness (QED) is 0.373. The number of fused-ring (bicyclic) bond motifs is 3. The summed E-state index contributed by atoms with van der Waals surface area (Å²) >= 11 is 1.47. The minimum atomic E-state index is -0.168. The lowest BCUT2D eigenvalue weighted by molar-refractivity contribution is 0.102. The molecular formula is C26H20N4O2S. The average Bonchev–Trinajstić information content (AvgIpc) is 3.45. The Morgan fingerprint density at radius 3 is 2.67 bits per heavy atom. The number of carbonyl (C=O) groups is 1. The molecule has 0 saturated heterocycles. The fourth-order valence-corrected chi connectivity index (χ4v) is 5.06. The van der Waals surface area contributed by atoms with Crippen molar-refractivity contribution in [2.24, 2.45) is 0 Å². The number of ether oxygens (including phenoxy) is 1. The van der Waals surface area contributed by atoms with E-state index in [-0.39, 0.29) is 5.91 Å². The molecule has 6 rings (SSSR count). The number of anilines is 3. The molecule has 0 aliphatic carbocycles. The fourth-order valence-electron chi connectivity index (χ4n) is 4.20. The highest BCUT2D eigenvalue weighted by Crippen LogP contribution is 2.36. The topological polar surface area (TPSA) is 67.3 Å². The lowest BCUT2D eigenvalue weighted by Gasteiger charge is -2.19. The normalized spacial score (nSPS) is 12.8. The van der Waals surface area contributed by atoms with Gasteiger partial charge in [-0.05, 0) is 66.6 Å². The van der Waals surface area contributed by atoms with Gasteiger partial charge in [0.05, 0.1) is 22.8 Å². The van der Waals surface area contributed by atoms with E-state index in [4.69, 9.17) is 9.72 Å². The summed E-state index contributed by atoms with van der Waals surface area (Å²) < 4.78 is 6.40. The maximum absolute atomic E-state index is 12.7. The molecule has 0 fully saturated rings. The van der Waals surface area contributed by atoms with Crippen LogP contribution < -0.4 is 15.0 Å². The number of aromatic nitrogens is 2. The van der Waals surface area contributed by atoms with E-state index in [1.807, 2.05) is 66.7 Å². The molecule has 0 spiro atoms. The molecule has 6 nitrogen and oxygen atoms in total. The SMILES string of the molecule is COc1ccc2cc3c(nc2c1)N(c1ccc(C(=O)Nc2nc4ccccc4s2)cc1)CC3. The Balaban J connectivity index is 1.24. The first-order chi connectivity index (χ1) is 16.2. The first kappa shape index (κ1) is 19.7. The van der Waals surface area contributed by atoms with Crippen LogP contribution in [0.1, 0.15) is 15.9 Å². The van der Waals surface area contributed by atoms with Crippen LogP contribution in [0.3, 0.4) is 0 Å². The van der Waals surface area contributed by atoms with Crippen molar-refractivity contribution < 1.29 is 9.53 Å². The zero-order chi connectivity index (χ0) is 22.4. The zero-order valence-corrected chi connectivity index (χ0v) is 18.7. The van der Waals surface area contributed by atoms with Gasteiger partial charge < -0.3 is 9.64 Å². The average molecular weight is 453 g/mol. The van der Waals surface area contributed by atoms with Crippen LogP contribution in [0.25, 0.3) is 21.1 Å². The minimum Gasteiger partial charge on any atom is -0.497 e. The first-order valence-corrected chi connectivity index (χ1v) is 11.5. The van der Waals surface area contributed by atoms with Gasteiger partial charge in [-0.15, -0.1) is 0 Å². The number of carbonyl (C=O) groups excluding carboxylic acids is 1. The standard InChI is InChI=1S/C26H20N4O2S/c1-32-20-11-8-17-14-18-12-13-30(24(18)27-22(17)15-20)19-9-6-16(7-10-19)25(31)29-26-28-21-4-2-3-5-23(21)33-26/h2-11,14-15H,12-13H2,1H3,(H,28,29,31). The van der Waals surface area contributed by atoms with Gasteiger partial charge >= 0.3 is 0 Å². The summed E-state index contributed by atoms with van der Waals surface area (Å²) in [5, 5.41) is 4.63. The lowest BCUT2D eigenvalue weighted by atomic mass is 10.1. The highest BCUT2D eigenvalue weighted by molar-refractivity contribution is 7.22. The van der Waals surface area contributed by atoms with Crippen LogP contribution in [-0.4, -0.2) is 29.5 Å². The monoisotopic (exact) mass is 452 g/mol. The molecule has 1 aliphatic heterocycles. The molecule has 33 heavy (non-hydrogen) atoms. The second-order valence-electron chi connectivity index (χ2n) is 7.92. The molecular weight excluding hydrogens is 432 g/mol. The molecule has 0 radical (unpaired) electrons. The van der Waals surface area contributed by atoms with Crippen LogP contribution in [-0.2, 0) is 6.42 Å². The van der Waals surface area contributed by atoms with Crippen LogP contribution in [0.2, 0.25) is 0 Å². The van der Waals surface area contributed by atoms with Gasteiger partial charge in [0.2, 0.25) is 0 Å². The van der Waals surface area contributed by atoms with E-state index in [1.54, 1.807) is 7.11 Å². The highest BCUT2D eigenvalue weighted by atomic mass is 32.1. The van der Waals surface area contributed by atoms with Gasteiger partial charge in [-0.2, -0.15) is 0 Å². The van der Waals surface area contributed by atoms with E-state index in [0.29, 0.717) is 10.7 Å². The van der Waals surface area contributed by atoms with Crippen molar-refractivity contribution >= 4 is 55.0 Å². The Hall–Kier alpha value is -3.97. The zero-order valence-electron chi connectivity index (χ0n) is 17.9. The molecule has 2 aromatic heterocycles. The first-order valence-electron chi connectivity index (χ1n) is 10.7. The third-order valence-electron chi connectivity index (χ3n) is 5.90. The third-order valence-corrected chi connectivity index (χ3v) is 6.85. The van der Waals surface area contributed by atoms with E-state index in [0.717, 1.165) is 51.3 Å². The number of amides is 1. The van der Waals surface area contributed by atoms with E-state index in [2.05, 4.69) is 21.3 Å². The van der Waals surface area contributed by atoms with Gasteiger partial charge in [0.25, 0.3) is 5.91 Å². The Kier molecular flexibility index (Phi) is 4.69. The Morgan fingerprint density at radius 1 is 1.00 bits per heavy atom. The number of hydrogen-bond donors (Lipinski definition) is 1. The number of pyridine rings is 1. The number of benzene rings is 3. The van der Waals surface area contributed by atoms with Crippen LogP contribution in [0.15, 0.2) is 72.8 Å². The molecule has 0 bridgehead atoms. The molecule has 0 unspecified atom stereocenters. The maximum atomic E-state index is 12.7. The van der Waals surface area contributed by atoms with Gasteiger partial charge in [0, 0.05) is 29.2 Å². The maximum Gasteiger partial charge on any atom is 0.257 e. The summed E-state index contributed by atoms with van der Waals surface area (Å²) in [6, 6.07) is 23.7. The van der Waals surface area contributed by atoms with E-state index in [9.17, 15) is 4.79 Å². The van der Waals surface area contributed by atoms with Crippen molar-refractivity contribution in [2.75, 3.05) is 23.9 Å². The third kappa shape index (κ3) is 3.56. The summed E-state index contributed by atoms with van der Waals surface area (Å²) in [5.41, 5.74) is 4.63. The predicted octanol–water partition coefficient (Wildman–Crippen LogP) is 5.80. The molecule has 3 heterocycles. The molecule has 3 aromatic carbocycles. The Bertz CT molecular complexity index is 1480. The van der Waals surface area contributed by atoms with Crippen LogP contribution in [0.4, 0.5) is 16.6 Å². The second kappa shape index (κ2) is 7.86. The van der Waals surface area contributed by atoms with Gasteiger partial charge in [-0.3, -0.25) is 10.1 Å². The van der Waals surface area contributed by atoms with Gasteiger partial charge in [0.1, 0.15) is 11.6 Å². The number of nitrogens with one attached hydrogen (secondary N) is 1. The molecule has 1 N–H and O–H groups in total. The van der Waals surface area contributed by atoms with Gasteiger partial charge in [-0.25, -0.2) is 9.97 Å². The molecule has 5 aromatic rings. The van der Waals surface area contributed by atoms with Gasteiger partial charge in [0.15, 0.2) is 5.13 Å². The summed E-state index contributed by atoms with van der Waals surface area (Å²) in [7, 11) is 1.66. The van der Waals surface area contributed by atoms with Crippen molar-refractivity contribution in [3.63, 3.8) is 0 Å². The second-order valence-corrected chi connectivity index (χ2v) is 8.95. The number of nitrogens with zero attached hydrogens (tertiary/aromatic N) is 3. The van der Waals surface area contributed by atoms with E-state index >= 15 is 0 Å². The number of rotatable bonds is 4. The predicted molar refractivity (Wildman–Crippen MR) is 133 cm³/mol. The number of hydrogen-bond acceptors (Lipinski definition) is 6. The minimum absolute atomic E-state index is 0.168. The summed E-state index contributed by atoms with van der Waals surface area (Å²) in [4.78, 5) is 24.3. The number of para-hydroxylation sites is 1. The summed E-state index contributed by atoms with van der Waals surface area (Å²) in [5.74, 6) is 1.59. The molecule has 162 valence electrons. The van der Waals surface area contributed by atoms with Gasteiger partial charge in [-0.1, -0.05) is 23.5 Å². The smallest absolute Gasteiger partial charge is 0.257 e. The molecule has 1 amide bonds. The highest BCUT2D eigenvalue weighted by Gasteiger charge is 2.23. The Morgan fingerprint density at radius 2 is 1.85 bits per heavy atom. The van der Waals surface area contributed by atoms with Crippen molar-refractivity contribution in [1.29, 1.82) is 0 Å². The molecule has 7 heteroatoms. The Labute approximate surface area is 194 Å². The number of methoxy groups -OCH3 is 1. The van der Waals surface area contributed by atoms with Crippen LogP contribution in [0.5, 0.6) is 5.75 Å². The lowest BCUT2D eigenvalue weighted by Crippen LogP contribution is -2.15. The van der Waals surface area contributed by atoms with E-state index < -0.39 is 0 Å².